The molecule has 0 aliphatic carbocycles. The molecule has 2 aromatic rings. The van der Waals surface area contributed by atoms with Crippen LogP contribution in [-0.4, -0.2) is 40.1 Å². The molecule has 0 aromatic carbocycles. The van der Waals surface area contributed by atoms with Gasteiger partial charge in [0.1, 0.15) is 5.75 Å². The van der Waals surface area contributed by atoms with Crippen molar-refractivity contribution in [1.29, 1.82) is 0 Å². The van der Waals surface area contributed by atoms with Crippen molar-refractivity contribution in [1.82, 2.24) is 14.8 Å². The summed E-state index contributed by atoms with van der Waals surface area (Å²) >= 11 is 0. The number of carbonyl (C=O) groups excluding carboxylic acids is 1. The van der Waals surface area contributed by atoms with E-state index in [0.29, 0.717) is 17.8 Å². The molecule has 2 heterocycles. The minimum absolute atomic E-state index is 0.00726. The third kappa shape index (κ3) is 5.64. The second kappa shape index (κ2) is 9.19. The van der Waals surface area contributed by atoms with E-state index in [1.54, 1.807) is 20.8 Å². The lowest BCUT2D eigenvalue weighted by Gasteiger charge is -2.14. The zero-order valence-corrected chi connectivity index (χ0v) is 16.0. The Morgan fingerprint density at radius 1 is 1.28 bits per heavy atom. The molecular weight excluding hydrogens is 401 g/mol. The molecule has 0 unspecified atom stereocenters. The first kappa shape index (κ1) is 22.6. The second-order valence-electron chi connectivity index (χ2n) is 6.02. The first-order chi connectivity index (χ1) is 13.6. The number of alkyl halides is 5. The van der Waals surface area contributed by atoms with E-state index in [9.17, 15) is 26.7 Å². The lowest BCUT2D eigenvalue weighted by Crippen LogP contribution is -2.10. The number of rotatable bonds is 8. The van der Waals surface area contributed by atoms with Crippen LogP contribution in [0.2, 0.25) is 0 Å². The molecule has 6 nitrogen and oxygen atoms in total. The molecule has 0 atom stereocenters. The monoisotopic (exact) mass is 421 g/mol. The summed E-state index contributed by atoms with van der Waals surface area (Å²) in [5, 5.41) is 4.16. The van der Waals surface area contributed by atoms with Gasteiger partial charge in [-0.15, -0.1) is 0 Å². The van der Waals surface area contributed by atoms with Gasteiger partial charge in [0, 0.05) is 36.5 Å². The SMILES string of the molecule is CCOC(=O)c1nn(CC)c(-c2cnc(CCC(F)(F)F)cc2OC(F)F)c1C. The summed E-state index contributed by atoms with van der Waals surface area (Å²) in [6.45, 7) is 2.13. The number of pyridine rings is 1. The summed E-state index contributed by atoms with van der Waals surface area (Å²) in [5.74, 6) is -1.02. The van der Waals surface area contributed by atoms with Crippen LogP contribution >= 0.6 is 0 Å². The van der Waals surface area contributed by atoms with Gasteiger partial charge < -0.3 is 9.47 Å². The highest BCUT2D eigenvalue weighted by molar-refractivity contribution is 5.91. The molecule has 0 radical (unpaired) electrons. The maximum atomic E-state index is 12.9. The Morgan fingerprint density at radius 2 is 1.97 bits per heavy atom. The van der Waals surface area contributed by atoms with Crippen LogP contribution in [0.1, 0.15) is 42.0 Å². The fourth-order valence-electron chi connectivity index (χ4n) is 2.77. The van der Waals surface area contributed by atoms with Crippen LogP contribution in [0.5, 0.6) is 5.75 Å². The van der Waals surface area contributed by atoms with E-state index in [-0.39, 0.29) is 29.3 Å². The summed E-state index contributed by atoms with van der Waals surface area (Å²) in [4.78, 5) is 16.1. The van der Waals surface area contributed by atoms with Crippen molar-refractivity contribution in [3.63, 3.8) is 0 Å². The standard InChI is InChI=1S/C18H20F5N3O3/c1-4-26-15(10(3)14(25-26)16(27)28-5-2)12-9-24-11(6-7-18(21,22)23)8-13(12)29-17(19)20/h8-9,17H,4-7H2,1-3H3. The third-order valence-electron chi connectivity index (χ3n) is 4.02. The normalized spacial score (nSPS) is 11.8. The van der Waals surface area contributed by atoms with Crippen molar-refractivity contribution in [2.24, 2.45) is 0 Å². The molecule has 2 aromatic heterocycles. The Morgan fingerprint density at radius 3 is 2.52 bits per heavy atom. The average molecular weight is 421 g/mol. The number of carbonyl (C=O) groups is 1. The third-order valence-corrected chi connectivity index (χ3v) is 4.02. The zero-order valence-electron chi connectivity index (χ0n) is 16.0. The lowest BCUT2D eigenvalue weighted by molar-refractivity contribution is -0.134. The van der Waals surface area contributed by atoms with Gasteiger partial charge in [0.25, 0.3) is 0 Å². The number of hydrogen-bond acceptors (Lipinski definition) is 5. The van der Waals surface area contributed by atoms with Gasteiger partial charge in [0.15, 0.2) is 5.69 Å². The molecule has 0 saturated heterocycles. The number of nitrogens with zero attached hydrogens (tertiary/aromatic N) is 3. The van der Waals surface area contributed by atoms with E-state index in [1.807, 2.05) is 0 Å². The topological polar surface area (TPSA) is 66.2 Å². The van der Waals surface area contributed by atoms with Crippen LogP contribution in [0.4, 0.5) is 22.0 Å². The molecule has 0 aliphatic rings. The molecule has 0 N–H and O–H groups in total. The van der Waals surface area contributed by atoms with Gasteiger partial charge in [-0.05, 0) is 27.2 Å². The second-order valence-corrected chi connectivity index (χ2v) is 6.02. The van der Waals surface area contributed by atoms with Crippen LogP contribution in [0, 0.1) is 6.92 Å². The van der Waals surface area contributed by atoms with Gasteiger partial charge in [-0.25, -0.2) is 4.79 Å². The maximum Gasteiger partial charge on any atom is 0.389 e. The van der Waals surface area contributed by atoms with Gasteiger partial charge >= 0.3 is 18.8 Å². The molecule has 0 spiro atoms. The van der Waals surface area contributed by atoms with Crippen molar-refractivity contribution in [3.05, 3.63) is 29.2 Å². The van der Waals surface area contributed by atoms with E-state index in [2.05, 4.69) is 14.8 Å². The highest BCUT2D eigenvalue weighted by Gasteiger charge is 2.28. The molecule has 0 saturated carbocycles. The van der Waals surface area contributed by atoms with Gasteiger partial charge in [0.2, 0.25) is 0 Å². The molecule has 0 aliphatic heterocycles. The summed E-state index contributed by atoms with van der Waals surface area (Å²) in [6, 6.07) is 1.05. The Kier molecular flexibility index (Phi) is 7.15. The van der Waals surface area contributed by atoms with Gasteiger partial charge in [-0.3, -0.25) is 9.67 Å². The fraction of sp³-hybridized carbons (Fsp3) is 0.500. The number of ether oxygens (including phenoxy) is 2. The molecular formula is C18H20F5N3O3. The zero-order chi connectivity index (χ0) is 21.8. The van der Waals surface area contributed by atoms with Crippen LogP contribution in [0.3, 0.4) is 0 Å². The van der Waals surface area contributed by atoms with Crippen molar-refractivity contribution in [2.45, 2.75) is 52.9 Å². The molecule has 11 heteroatoms. The van der Waals surface area contributed by atoms with Gasteiger partial charge in [-0.1, -0.05) is 0 Å². The lowest BCUT2D eigenvalue weighted by atomic mass is 10.1. The molecule has 0 bridgehead atoms. The smallest absolute Gasteiger partial charge is 0.389 e. The number of esters is 1. The van der Waals surface area contributed by atoms with Crippen LogP contribution in [0.25, 0.3) is 11.3 Å². The van der Waals surface area contributed by atoms with Crippen LogP contribution in [-0.2, 0) is 17.7 Å². The van der Waals surface area contributed by atoms with Crippen molar-refractivity contribution >= 4 is 5.97 Å². The highest BCUT2D eigenvalue weighted by Crippen LogP contribution is 2.35. The summed E-state index contributed by atoms with van der Waals surface area (Å²) in [5.41, 5.74) is 0.694. The predicted molar refractivity (Wildman–Crippen MR) is 92.8 cm³/mol. The predicted octanol–water partition coefficient (Wildman–Crippen LogP) is 4.55. The molecule has 0 fully saturated rings. The number of hydrogen-bond donors (Lipinski definition) is 0. The summed E-state index contributed by atoms with van der Waals surface area (Å²) in [7, 11) is 0. The quantitative estimate of drug-likeness (QED) is 0.462. The van der Waals surface area contributed by atoms with E-state index in [1.165, 1.54) is 4.68 Å². The van der Waals surface area contributed by atoms with Crippen molar-refractivity contribution in [2.75, 3.05) is 6.61 Å². The largest absolute Gasteiger partial charge is 0.461 e. The maximum absolute atomic E-state index is 12.9. The van der Waals surface area contributed by atoms with Crippen LogP contribution < -0.4 is 4.74 Å². The van der Waals surface area contributed by atoms with Crippen LogP contribution in [0.15, 0.2) is 12.3 Å². The van der Waals surface area contributed by atoms with E-state index < -0.39 is 31.6 Å². The summed E-state index contributed by atoms with van der Waals surface area (Å²) in [6.07, 6.45) is -4.89. The van der Waals surface area contributed by atoms with Gasteiger partial charge in [0.05, 0.1) is 17.9 Å². The Bertz CT molecular complexity index is 865. The average Bonchev–Trinajstić information content (AvgIpc) is 2.96. The first-order valence-corrected chi connectivity index (χ1v) is 8.82. The Labute approximate surface area is 163 Å². The fourth-order valence-corrected chi connectivity index (χ4v) is 2.77. The number of halogens is 5. The highest BCUT2D eigenvalue weighted by atomic mass is 19.4. The summed E-state index contributed by atoms with van der Waals surface area (Å²) < 4.78 is 74.1. The molecule has 29 heavy (non-hydrogen) atoms. The van der Waals surface area contributed by atoms with E-state index in [0.717, 1.165) is 12.3 Å². The van der Waals surface area contributed by atoms with Crippen molar-refractivity contribution in [3.8, 4) is 17.0 Å². The minimum atomic E-state index is -4.41. The van der Waals surface area contributed by atoms with E-state index >= 15 is 0 Å². The van der Waals surface area contributed by atoms with E-state index in [4.69, 9.17) is 4.74 Å². The van der Waals surface area contributed by atoms with Crippen molar-refractivity contribution < 1.29 is 36.2 Å². The Hall–Kier alpha value is -2.72. The molecule has 0 amide bonds. The molecule has 2 rings (SSSR count). The number of aromatic nitrogens is 3. The van der Waals surface area contributed by atoms with Gasteiger partial charge in [-0.2, -0.15) is 27.1 Å². The Balaban J connectivity index is 2.53. The number of aryl methyl sites for hydroxylation is 2. The minimum Gasteiger partial charge on any atom is -0.461 e. The molecule has 160 valence electrons. The first-order valence-electron chi connectivity index (χ1n) is 8.82.